The Morgan fingerprint density at radius 1 is 0.947 bits per heavy atom. The molecular weight excluding hydrogens is 480 g/mol. The van der Waals surface area contributed by atoms with E-state index in [-0.39, 0.29) is 18.2 Å². The first-order valence-corrected chi connectivity index (χ1v) is 13.0. The fourth-order valence-corrected chi connectivity index (χ4v) is 4.54. The predicted molar refractivity (Wildman–Crippen MR) is 147 cm³/mol. The van der Waals surface area contributed by atoms with Gasteiger partial charge < -0.3 is 20.7 Å². The van der Waals surface area contributed by atoms with E-state index in [2.05, 4.69) is 43.0 Å². The number of aromatic nitrogens is 5. The van der Waals surface area contributed by atoms with Gasteiger partial charge in [0.05, 0.1) is 11.9 Å². The van der Waals surface area contributed by atoms with Crippen molar-refractivity contribution in [2.75, 3.05) is 10.6 Å². The summed E-state index contributed by atoms with van der Waals surface area (Å²) < 4.78 is 7.20. The third-order valence-electron chi connectivity index (χ3n) is 6.40. The van der Waals surface area contributed by atoms with Crippen LogP contribution in [-0.2, 0) is 11.3 Å². The van der Waals surface area contributed by atoms with E-state index in [1.165, 1.54) is 5.56 Å². The van der Waals surface area contributed by atoms with Gasteiger partial charge in [-0.3, -0.25) is 0 Å². The third kappa shape index (κ3) is 6.56. The Hall–Kier alpha value is -4.21. The maximum atomic E-state index is 12.1. The molecule has 1 aliphatic carbocycles. The minimum Gasteiger partial charge on any atom is -0.444 e. The lowest BCUT2D eigenvalue weighted by Crippen LogP contribution is -2.42. The van der Waals surface area contributed by atoms with Crippen molar-refractivity contribution in [1.82, 2.24) is 29.9 Å². The van der Waals surface area contributed by atoms with Crippen LogP contribution < -0.4 is 16.0 Å². The van der Waals surface area contributed by atoms with Crippen molar-refractivity contribution in [3.05, 3.63) is 66.6 Å². The number of ether oxygens (including phenoxy) is 1. The molecule has 0 aliphatic heterocycles. The summed E-state index contributed by atoms with van der Waals surface area (Å²) in [5.74, 6) is 1.35. The molecule has 0 radical (unpaired) electrons. The topological polar surface area (TPSA) is 118 Å². The zero-order chi connectivity index (χ0) is 26.5. The highest BCUT2D eigenvalue weighted by Gasteiger charge is 2.25. The molecule has 10 nitrogen and oxygen atoms in total. The molecule has 1 saturated carbocycles. The second-order valence-electron chi connectivity index (χ2n) is 10.6. The van der Waals surface area contributed by atoms with Crippen LogP contribution in [0.2, 0.25) is 0 Å². The molecule has 5 rings (SSSR count). The molecule has 1 aromatic carbocycles. The first-order valence-electron chi connectivity index (χ1n) is 13.0. The fourth-order valence-electron chi connectivity index (χ4n) is 4.54. The number of amides is 1. The minimum atomic E-state index is -0.493. The van der Waals surface area contributed by atoms with Crippen LogP contribution in [0.1, 0.15) is 52.0 Å². The molecule has 1 fully saturated rings. The molecule has 0 saturated heterocycles. The molecule has 198 valence electrons. The quantitative estimate of drug-likeness (QED) is 0.314. The normalized spacial score (nSPS) is 17.7. The van der Waals surface area contributed by atoms with Gasteiger partial charge in [-0.05, 0) is 64.2 Å². The number of hydrogen-bond acceptors (Lipinski definition) is 8. The van der Waals surface area contributed by atoms with Crippen LogP contribution in [0.3, 0.4) is 0 Å². The van der Waals surface area contributed by atoms with Crippen molar-refractivity contribution >= 4 is 23.5 Å². The van der Waals surface area contributed by atoms with Crippen LogP contribution in [0.5, 0.6) is 0 Å². The van der Waals surface area contributed by atoms with Gasteiger partial charge in [0.2, 0.25) is 5.95 Å². The summed E-state index contributed by atoms with van der Waals surface area (Å²) >= 11 is 0. The van der Waals surface area contributed by atoms with Gasteiger partial charge in [-0.2, -0.15) is 0 Å². The number of fused-ring (bicyclic) bond motifs is 1. The second kappa shape index (κ2) is 11.0. The van der Waals surface area contributed by atoms with Crippen molar-refractivity contribution in [3.63, 3.8) is 0 Å². The highest BCUT2D eigenvalue weighted by molar-refractivity contribution is 5.68. The van der Waals surface area contributed by atoms with Gasteiger partial charge in [0.25, 0.3) is 0 Å². The van der Waals surface area contributed by atoms with Gasteiger partial charge in [-0.25, -0.2) is 24.3 Å². The molecule has 1 aliphatic rings. The Kier molecular flexibility index (Phi) is 7.39. The van der Waals surface area contributed by atoms with Crippen molar-refractivity contribution in [1.29, 1.82) is 0 Å². The van der Waals surface area contributed by atoms with Crippen LogP contribution in [0.15, 0.2) is 61.1 Å². The van der Waals surface area contributed by atoms with E-state index in [4.69, 9.17) is 9.84 Å². The van der Waals surface area contributed by atoms with Crippen molar-refractivity contribution < 1.29 is 9.53 Å². The SMILES string of the molecule is CC(C)(C)OC(=O)N[C@H]1CC[C@H](Nc2ccc3ncc(-c4cnc(NCc5ccccc5)nc4)n3n2)CC1. The molecule has 10 heteroatoms. The van der Waals surface area contributed by atoms with E-state index in [9.17, 15) is 4.79 Å². The number of imidazole rings is 1. The van der Waals surface area contributed by atoms with Gasteiger partial charge in [0.15, 0.2) is 5.65 Å². The summed E-state index contributed by atoms with van der Waals surface area (Å²) in [6.07, 6.45) is 8.64. The first-order chi connectivity index (χ1) is 18.3. The largest absolute Gasteiger partial charge is 0.444 e. The van der Waals surface area contributed by atoms with Gasteiger partial charge in [-0.15, -0.1) is 5.10 Å². The Balaban J connectivity index is 1.19. The smallest absolute Gasteiger partial charge is 0.407 e. The summed E-state index contributed by atoms with van der Waals surface area (Å²) in [4.78, 5) is 25.5. The number of anilines is 2. The lowest BCUT2D eigenvalue weighted by molar-refractivity contribution is 0.0492. The molecule has 3 heterocycles. The summed E-state index contributed by atoms with van der Waals surface area (Å²) in [5.41, 5.74) is 3.08. The van der Waals surface area contributed by atoms with Gasteiger partial charge in [-0.1, -0.05) is 30.3 Å². The lowest BCUT2D eigenvalue weighted by atomic mass is 9.91. The summed E-state index contributed by atoms with van der Waals surface area (Å²) in [6, 6.07) is 14.4. The zero-order valence-corrected chi connectivity index (χ0v) is 22.0. The lowest BCUT2D eigenvalue weighted by Gasteiger charge is -2.30. The third-order valence-corrected chi connectivity index (χ3v) is 6.40. The monoisotopic (exact) mass is 514 g/mol. The van der Waals surface area contributed by atoms with Gasteiger partial charge in [0.1, 0.15) is 11.4 Å². The second-order valence-corrected chi connectivity index (χ2v) is 10.6. The van der Waals surface area contributed by atoms with Crippen LogP contribution in [-0.4, -0.2) is 48.3 Å². The van der Waals surface area contributed by atoms with Gasteiger partial charge in [0, 0.05) is 36.6 Å². The molecule has 1 amide bonds. The molecule has 4 aromatic rings. The standard InChI is InChI=1S/C28H34N8O2/c1-28(2,3)38-27(37)34-22-11-9-21(10-12-22)33-24-13-14-25-29-18-23(36(25)35-24)20-16-31-26(32-17-20)30-15-19-7-5-4-6-8-19/h4-8,13-14,16-18,21-22H,9-12,15H2,1-3H3,(H,33,35)(H,34,37)(H,30,31,32)/t21-,22-. The number of carbonyl (C=O) groups excluding carboxylic acids is 1. The maximum absolute atomic E-state index is 12.1. The van der Waals surface area contributed by atoms with E-state index in [1.54, 1.807) is 18.6 Å². The number of nitrogens with one attached hydrogen (secondary N) is 3. The van der Waals surface area contributed by atoms with Crippen LogP contribution in [0.25, 0.3) is 16.9 Å². The van der Waals surface area contributed by atoms with Crippen molar-refractivity contribution in [2.24, 2.45) is 0 Å². The summed E-state index contributed by atoms with van der Waals surface area (Å²) in [5, 5.41) is 14.6. The number of rotatable bonds is 7. The Morgan fingerprint density at radius 2 is 1.66 bits per heavy atom. The first kappa shape index (κ1) is 25.4. The average molecular weight is 515 g/mol. The highest BCUT2D eigenvalue weighted by Crippen LogP contribution is 2.24. The number of benzene rings is 1. The zero-order valence-electron chi connectivity index (χ0n) is 22.0. The van der Waals surface area contributed by atoms with Crippen LogP contribution in [0.4, 0.5) is 16.6 Å². The summed E-state index contributed by atoms with van der Waals surface area (Å²) in [6.45, 7) is 6.27. The Bertz CT molecular complexity index is 1360. The molecule has 3 N–H and O–H groups in total. The van der Waals surface area contributed by atoms with E-state index >= 15 is 0 Å². The summed E-state index contributed by atoms with van der Waals surface area (Å²) in [7, 11) is 0. The molecule has 38 heavy (non-hydrogen) atoms. The highest BCUT2D eigenvalue weighted by atomic mass is 16.6. The Labute approximate surface area is 222 Å². The van der Waals surface area contributed by atoms with Crippen LogP contribution >= 0.6 is 0 Å². The molecular formula is C28H34N8O2. The van der Waals surface area contributed by atoms with Crippen molar-refractivity contribution in [3.8, 4) is 11.3 Å². The van der Waals surface area contributed by atoms with E-state index in [1.807, 2.05) is 55.6 Å². The number of carbonyl (C=O) groups is 1. The molecule has 3 aromatic heterocycles. The van der Waals surface area contributed by atoms with E-state index in [0.29, 0.717) is 12.5 Å². The molecule has 0 unspecified atom stereocenters. The van der Waals surface area contributed by atoms with E-state index in [0.717, 1.165) is 48.4 Å². The fraction of sp³-hybridized carbons (Fsp3) is 0.393. The molecule has 0 spiro atoms. The average Bonchev–Trinajstić information content (AvgIpc) is 3.32. The number of alkyl carbamates (subject to hydrolysis) is 1. The number of nitrogens with zero attached hydrogens (tertiary/aromatic N) is 5. The number of hydrogen-bond donors (Lipinski definition) is 3. The Morgan fingerprint density at radius 3 is 2.37 bits per heavy atom. The van der Waals surface area contributed by atoms with Crippen molar-refractivity contribution in [2.45, 2.75) is 70.7 Å². The maximum Gasteiger partial charge on any atom is 0.407 e. The molecule has 0 atom stereocenters. The predicted octanol–water partition coefficient (Wildman–Crippen LogP) is 5.05. The minimum absolute atomic E-state index is 0.128. The molecule has 0 bridgehead atoms. The van der Waals surface area contributed by atoms with Crippen LogP contribution in [0, 0.1) is 0 Å². The van der Waals surface area contributed by atoms with Gasteiger partial charge >= 0.3 is 6.09 Å². The van der Waals surface area contributed by atoms with E-state index < -0.39 is 5.60 Å².